The molecular weight excluding hydrogens is 232 g/mol. The van der Waals surface area contributed by atoms with E-state index in [4.69, 9.17) is 5.21 Å². The van der Waals surface area contributed by atoms with Gasteiger partial charge in [-0.3, -0.25) is 10.2 Å². The number of thioether (sulfide) groups is 1. The molecular formula is C8H14N4OS2. The summed E-state index contributed by atoms with van der Waals surface area (Å²) in [6, 6.07) is 0. The number of guanidine groups is 1. The molecule has 0 atom stereocenters. The summed E-state index contributed by atoms with van der Waals surface area (Å²) in [7, 11) is 1.61. The summed E-state index contributed by atoms with van der Waals surface area (Å²) in [6.07, 6.45) is 1.82. The molecule has 0 aromatic carbocycles. The molecule has 1 heterocycles. The standard InChI is InChI=1S/C8H14N4OS2/c1-9-8(12-13)11-2-4-14-6-7-10-3-5-15-7/h3,5,13H,2,4,6H2,1H3,(H2,9,11,12). The van der Waals surface area contributed by atoms with E-state index in [0.717, 1.165) is 23.1 Å². The number of aromatic nitrogens is 1. The Labute approximate surface area is 97.0 Å². The topological polar surface area (TPSA) is 69.5 Å². The molecule has 7 heteroatoms. The maximum Gasteiger partial charge on any atom is 0.215 e. The molecule has 3 N–H and O–H groups in total. The van der Waals surface area contributed by atoms with E-state index in [1.165, 1.54) is 0 Å². The summed E-state index contributed by atoms with van der Waals surface area (Å²) in [4.78, 5) is 7.96. The van der Waals surface area contributed by atoms with Crippen molar-refractivity contribution in [2.45, 2.75) is 5.75 Å². The normalized spacial score (nSPS) is 11.5. The van der Waals surface area contributed by atoms with Crippen LogP contribution in [-0.4, -0.2) is 35.5 Å². The van der Waals surface area contributed by atoms with Crippen LogP contribution >= 0.6 is 23.1 Å². The zero-order valence-corrected chi connectivity index (χ0v) is 10.1. The van der Waals surface area contributed by atoms with Gasteiger partial charge in [0.15, 0.2) is 0 Å². The molecule has 0 aliphatic rings. The van der Waals surface area contributed by atoms with Crippen LogP contribution in [0.5, 0.6) is 0 Å². The van der Waals surface area contributed by atoms with Crippen molar-refractivity contribution >= 4 is 29.1 Å². The first-order valence-corrected chi connectivity index (χ1v) is 6.47. The first-order valence-electron chi connectivity index (χ1n) is 4.43. The maximum atomic E-state index is 8.57. The molecule has 0 saturated carbocycles. The fourth-order valence-electron chi connectivity index (χ4n) is 0.894. The summed E-state index contributed by atoms with van der Waals surface area (Å²) in [5.74, 6) is 2.27. The minimum Gasteiger partial charge on any atom is -0.354 e. The third kappa shape index (κ3) is 5.01. The first kappa shape index (κ1) is 12.3. The number of rotatable bonds is 5. The molecule has 0 radical (unpaired) electrons. The summed E-state index contributed by atoms with van der Waals surface area (Å²) in [5.41, 5.74) is 1.98. The van der Waals surface area contributed by atoms with Gasteiger partial charge in [0.25, 0.3) is 0 Å². The third-order valence-corrected chi connectivity index (χ3v) is 3.51. The number of hydrogen-bond donors (Lipinski definition) is 3. The fraction of sp³-hybridized carbons (Fsp3) is 0.500. The molecule has 0 fully saturated rings. The predicted octanol–water partition coefficient (Wildman–Crippen LogP) is 0.930. The van der Waals surface area contributed by atoms with E-state index < -0.39 is 0 Å². The molecule has 84 valence electrons. The molecule has 0 amide bonds. The lowest BCUT2D eigenvalue weighted by Gasteiger charge is -2.06. The zero-order valence-electron chi connectivity index (χ0n) is 8.43. The van der Waals surface area contributed by atoms with Gasteiger partial charge in [0, 0.05) is 36.7 Å². The van der Waals surface area contributed by atoms with E-state index in [-0.39, 0.29) is 0 Å². The van der Waals surface area contributed by atoms with Crippen LogP contribution in [0.4, 0.5) is 0 Å². The molecule has 0 aliphatic heterocycles. The second-order valence-corrected chi connectivity index (χ2v) is 4.67. The van der Waals surface area contributed by atoms with Gasteiger partial charge in [0.1, 0.15) is 5.01 Å². The van der Waals surface area contributed by atoms with E-state index in [1.807, 2.05) is 17.1 Å². The van der Waals surface area contributed by atoms with Crippen LogP contribution in [0.15, 0.2) is 16.6 Å². The van der Waals surface area contributed by atoms with Gasteiger partial charge >= 0.3 is 0 Å². The second kappa shape index (κ2) is 7.49. The molecule has 0 unspecified atom stereocenters. The summed E-state index contributed by atoms with van der Waals surface area (Å²) in [6.45, 7) is 0.760. The fourth-order valence-corrected chi connectivity index (χ4v) is 2.46. The number of nitrogens with zero attached hydrogens (tertiary/aromatic N) is 2. The Morgan fingerprint density at radius 2 is 2.60 bits per heavy atom. The van der Waals surface area contributed by atoms with Gasteiger partial charge in [-0.2, -0.15) is 11.8 Å². The van der Waals surface area contributed by atoms with Crippen molar-refractivity contribution < 1.29 is 5.21 Å². The molecule has 1 aromatic heterocycles. The molecule has 5 nitrogen and oxygen atoms in total. The quantitative estimate of drug-likeness (QED) is 0.312. The average Bonchev–Trinajstić information content (AvgIpc) is 2.76. The largest absolute Gasteiger partial charge is 0.354 e. The smallest absolute Gasteiger partial charge is 0.215 e. The number of hydrogen-bond acceptors (Lipinski definition) is 5. The highest BCUT2D eigenvalue weighted by atomic mass is 32.2. The van der Waals surface area contributed by atoms with Crippen LogP contribution < -0.4 is 10.8 Å². The van der Waals surface area contributed by atoms with Gasteiger partial charge in [-0.25, -0.2) is 10.5 Å². The molecule has 1 rings (SSSR count). The van der Waals surface area contributed by atoms with Crippen molar-refractivity contribution in [2.75, 3.05) is 19.3 Å². The Balaban J connectivity index is 2.02. The molecule has 0 saturated heterocycles. The van der Waals surface area contributed by atoms with Gasteiger partial charge in [0.2, 0.25) is 5.96 Å². The maximum absolute atomic E-state index is 8.57. The van der Waals surface area contributed by atoms with E-state index in [9.17, 15) is 0 Å². The van der Waals surface area contributed by atoms with Crippen molar-refractivity contribution in [2.24, 2.45) is 4.99 Å². The Bertz CT molecular complexity index is 289. The Hall–Kier alpha value is -0.790. The first-order chi connectivity index (χ1) is 7.36. The van der Waals surface area contributed by atoms with Crippen LogP contribution in [0.3, 0.4) is 0 Å². The minimum atomic E-state index is 0.393. The summed E-state index contributed by atoms with van der Waals surface area (Å²) >= 11 is 3.46. The van der Waals surface area contributed by atoms with Crippen molar-refractivity contribution in [3.63, 3.8) is 0 Å². The number of hydroxylamine groups is 1. The number of thiazole rings is 1. The zero-order chi connectivity index (χ0) is 10.9. The molecule has 15 heavy (non-hydrogen) atoms. The average molecular weight is 246 g/mol. The Morgan fingerprint density at radius 3 is 3.20 bits per heavy atom. The third-order valence-electron chi connectivity index (χ3n) is 1.58. The number of aliphatic imine (C=N–C) groups is 1. The Morgan fingerprint density at radius 1 is 1.73 bits per heavy atom. The SMILES string of the molecule is CN=C(NO)NCCSCc1nccs1. The number of nitrogens with one attached hydrogen (secondary N) is 2. The minimum absolute atomic E-state index is 0.393. The highest BCUT2D eigenvalue weighted by Gasteiger charge is 1.96. The van der Waals surface area contributed by atoms with Crippen LogP contribution in [0.25, 0.3) is 0 Å². The highest BCUT2D eigenvalue weighted by molar-refractivity contribution is 7.98. The predicted molar refractivity (Wildman–Crippen MR) is 64.6 cm³/mol. The van der Waals surface area contributed by atoms with Crippen LogP contribution in [-0.2, 0) is 5.75 Å². The van der Waals surface area contributed by atoms with Gasteiger partial charge in [-0.05, 0) is 0 Å². The van der Waals surface area contributed by atoms with E-state index in [2.05, 4.69) is 15.3 Å². The highest BCUT2D eigenvalue weighted by Crippen LogP contribution is 2.13. The van der Waals surface area contributed by atoms with Crippen LogP contribution in [0.1, 0.15) is 5.01 Å². The van der Waals surface area contributed by atoms with Gasteiger partial charge in [-0.1, -0.05) is 0 Å². The van der Waals surface area contributed by atoms with Crippen molar-refractivity contribution in [1.82, 2.24) is 15.8 Å². The molecule has 1 aromatic rings. The second-order valence-electron chi connectivity index (χ2n) is 2.59. The summed E-state index contributed by atoms with van der Waals surface area (Å²) < 4.78 is 0. The lowest BCUT2D eigenvalue weighted by Crippen LogP contribution is -2.36. The van der Waals surface area contributed by atoms with E-state index >= 15 is 0 Å². The van der Waals surface area contributed by atoms with Gasteiger partial charge in [-0.15, -0.1) is 11.3 Å². The molecule has 0 spiro atoms. The van der Waals surface area contributed by atoms with Crippen LogP contribution in [0.2, 0.25) is 0 Å². The van der Waals surface area contributed by atoms with E-state index in [1.54, 1.807) is 30.1 Å². The summed E-state index contributed by atoms with van der Waals surface area (Å²) in [5, 5.41) is 14.6. The lowest BCUT2D eigenvalue weighted by atomic mass is 10.7. The Kier molecular flexibility index (Phi) is 6.14. The van der Waals surface area contributed by atoms with Crippen LogP contribution in [0, 0.1) is 0 Å². The molecule has 0 aliphatic carbocycles. The monoisotopic (exact) mass is 246 g/mol. The van der Waals surface area contributed by atoms with Crippen molar-refractivity contribution in [1.29, 1.82) is 0 Å². The van der Waals surface area contributed by atoms with Gasteiger partial charge in [0.05, 0.1) is 0 Å². The van der Waals surface area contributed by atoms with Crippen molar-refractivity contribution in [3.05, 3.63) is 16.6 Å². The van der Waals surface area contributed by atoms with E-state index in [0.29, 0.717) is 5.96 Å². The lowest BCUT2D eigenvalue weighted by molar-refractivity contribution is 0.229. The van der Waals surface area contributed by atoms with Gasteiger partial charge < -0.3 is 5.32 Å². The van der Waals surface area contributed by atoms with Crippen molar-refractivity contribution in [3.8, 4) is 0 Å². The molecule has 0 bridgehead atoms.